The summed E-state index contributed by atoms with van der Waals surface area (Å²) in [7, 11) is 0. The Morgan fingerprint density at radius 1 is 0.857 bits per heavy atom. The van der Waals surface area contributed by atoms with E-state index < -0.39 is 17.7 Å². The van der Waals surface area contributed by atoms with Crippen LogP contribution in [0.2, 0.25) is 5.02 Å². The predicted octanol–water partition coefficient (Wildman–Crippen LogP) is 5.94. The van der Waals surface area contributed by atoms with E-state index in [0.29, 0.717) is 31.8 Å². The molecule has 35 heavy (non-hydrogen) atoms. The van der Waals surface area contributed by atoms with Gasteiger partial charge in [-0.25, -0.2) is 4.68 Å². The Labute approximate surface area is 215 Å². The zero-order valence-corrected chi connectivity index (χ0v) is 21.5. The van der Waals surface area contributed by atoms with Crippen molar-refractivity contribution in [3.63, 3.8) is 0 Å². The zero-order valence-electron chi connectivity index (χ0n) is 19.2. The molecule has 0 aliphatic carbocycles. The van der Waals surface area contributed by atoms with E-state index in [-0.39, 0.29) is 5.69 Å². The number of aromatic nitrogens is 1. The number of rotatable bonds is 4. The van der Waals surface area contributed by atoms with Crippen LogP contribution in [0.4, 0.5) is 11.4 Å². The highest BCUT2D eigenvalue weighted by Crippen LogP contribution is 2.27. The maximum absolute atomic E-state index is 13.2. The van der Waals surface area contributed by atoms with Crippen molar-refractivity contribution in [2.75, 3.05) is 16.1 Å². The number of hydrogen-bond acceptors (Lipinski definition) is 3. The van der Waals surface area contributed by atoms with Crippen LogP contribution in [0, 0.1) is 20.8 Å². The summed E-state index contributed by atoms with van der Waals surface area (Å²) >= 11 is 9.58. The molecule has 0 aliphatic heterocycles. The van der Waals surface area contributed by atoms with Crippen molar-refractivity contribution in [2.45, 2.75) is 20.8 Å². The average Bonchev–Trinajstić information content (AvgIpc) is 3.16. The molecule has 9 heteroatoms. The number of amides is 3. The molecule has 178 valence electrons. The minimum atomic E-state index is -0.927. The first-order valence-corrected chi connectivity index (χ1v) is 11.9. The van der Waals surface area contributed by atoms with Crippen molar-refractivity contribution >= 4 is 67.5 Å². The number of benzene rings is 3. The maximum Gasteiger partial charge on any atom is 0.328 e. The smallest absolute Gasteiger partial charge is 0.320 e. The van der Waals surface area contributed by atoms with E-state index in [1.165, 1.54) is 4.68 Å². The number of anilines is 2. The lowest BCUT2D eigenvalue weighted by atomic mass is 10.1. The van der Waals surface area contributed by atoms with Gasteiger partial charge in [0, 0.05) is 20.6 Å². The first-order chi connectivity index (χ1) is 16.6. The molecule has 3 amide bonds. The van der Waals surface area contributed by atoms with Crippen LogP contribution in [-0.4, -0.2) is 22.4 Å². The van der Waals surface area contributed by atoms with Crippen LogP contribution in [0.1, 0.15) is 27.2 Å². The van der Waals surface area contributed by atoms with Crippen molar-refractivity contribution in [2.24, 2.45) is 0 Å². The molecule has 0 aliphatic rings. The molecular formula is C26H22BrClN4O3. The van der Waals surface area contributed by atoms with Gasteiger partial charge in [-0.15, -0.1) is 0 Å². The summed E-state index contributed by atoms with van der Waals surface area (Å²) in [6.07, 6.45) is 0. The summed E-state index contributed by atoms with van der Waals surface area (Å²) in [5, 5.41) is 6.56. The fraction of sp³-hybridized carbons (Fsp3) is 0.115. The summed E-state index contributed by atoms with van der Waals surface area (Å²) in [6, 6.07) is 17.5. The van der Waals surface area contributed by atoms with Crippen molar-refractivity contribution in [1.82, 2.24) is 4.68 Å². The Morgan fingerprint density at radius 2 is 1.63 bits per heavy atom. The SMILES string of the molecule is Cc1ccc(NC(=O)c2cc3cc(Cl)ccc3n2NC(=O)C(=O)Nc2cccc(C)c2C)c(Br)c1. The largest absolute Gasteiger partial charge is 0.328 e. The number of hydrogen-bond donors (Lipinski definition) is 3. The Kier molecular flexibility index (Phi) is 6.95. The number of carbonyl (C=O) groups excluding carboxylic acids is 3. The number of nitrogens with zero attached hydrogens (tertiary/aromatic N) is 1. The number of carbonyl (C=O) groups is 3. The van der Waals surface area contributed by atoms with E-state index in [9.17, 15) is 14.4 Å². The second-order valence-corrected chi connectivity index (χ2v) is 9.44. The molecule has 3 N–H and O–H groups in total. The lowest BCUT2D eigenvalue weighted by Gasteiger charge is -2.14. The summed E-state index contributed by atoms with van der Waals surface area (Å²) < 4.78 is 2.00. The predicted molar refractivity (Wildman–Crippen MR) is 143 cm³/mol. The fourth-order valence-corrected chi connectivity index (χ4v) is 4.37. The molecule has 4 rings (SSSR count). The van der Waals surface area contributed by atoms with Gasteiger partial charge in [0.05, 0.1) is 11.2 Å². The summed E-state index contributed by atoms with van der Waals surface area (Å²) in [4.78, 5) is 38.7. The van der Waals surface area contributed by atoms with Crippen molar-refractivity contribution < 1.29 is 14.4 Å². The average molecular weight is 554 g/mol. The Hall–Kier alpha value is -3.62. The summed E-state index contributed by atoms with van der Waals surface area (Å²) in [5.74, 6) is -2.26. The van der Waals surface area contributed by atoms with Gasteiger partial charge >= 0.3 is 11.8 Å². The molecule has 0 unspecified atom stereocenters. The first-order valence-electron chi connectivity index (χ1n) is 10.7. The summed E-state index contributed by atoms with van der Waals surface area (Å²) in [5.41, 5.74) is 7.16. The van der Waals surface area contributed by atoms with Crippen LogP contribution in [0.5, 0.6) is 0 Å². The Bertz CT molecular complexity index is 1500. The quantitative estimate of drug-likeness (QED) is 0.273. The number of aryl methyl sites for hydroxylation is 2. The van der Waals surface area contributed by atoms with Crippen molar-refractivity contribution in [3.8, 4) is 0 Å². The highest BCUT2D eigenvalue weighted by molar-refractivity contribution is 9.10. The molecular weight excluding hydrogens is 532 g/mol. The summed E-state index contributed by atoms with van der Waals surface area (Å²) in [6.45, 7) is 5.72. The van der Waals surface area contributed by atoms with E-state index in [0.717, 1.165) is 16.7 Å². The minimum absolute atomic E-state index is 0.127. The lowest BCUT2D eigenvalue weighted by molar-refractivity contribution is -0.133. The van der Waals surface area contributed by atoms with Gasteiger partial charge in [0.2, 0.25) is 0 Å². The van der Waals surface area contributed by atoms with E-state index in [1.807, 2.05) is 39.0 Å². The van der Waals surface area contributed by atoms with Gasteiger partial charge in [0.15, 0.2) is 0 Å². The molecule has 0 fully saturated rings. The monoisotopic (exact) mass is 552 g/mol. The molecule has 0 saturated carbocycles. The van der Waals surface area contributed by atoms with Gasteiger partial charge in [0.1, 0.15) is 5.69 Å². The molecule has 7 nitrogen and oxygen atoms in total. The highest BCUT2D eigenvalue weighted by atomic mass is 79.9. The first kappa shape index (κ1) is 24.5. The van der Waals surface area contributed by atoms with Crippen molar-refractivity contribution in [1.29, 1.82) is 0 Å². The molecule has 0 radical (unpaired) electrons. The molecule has 0 bridgehead atoms. The highest BCUT2D eigenvalue weighted by Gasteiger charge is 2.22. The van der Waals surface area contributed by atoms with Crippen LogP contribution in [0.15, 0.2) is 65.1 Å². The second kappa shape index (κ2) is 9.93. The maximum atomic E-state index is 13.2. The van der Waals surface area contributed by atoms with E-state index in [4.69, 9.17) is 11.6 Å². The van der Waals surface area contributed by atoms with Crippen LogP contribution in [0.25, 0.3) is 10.9 Å². The van der Waals surface area contributed by atoms with Gasteiger partial charge in [-0.2, -0.15) is 0 Å². The minimum Gasteiger partial charge on any atom is -0.320 e. The van der Waals surface area contributed by atoms with Gasteiger partial charge in [-0.1, -0.05) is 29.8 Å². The third-order valence-corrected chi connectivity index (χ3v) is 6.53. The topological polar surface area (TPSA) is 92.2 Å². The van der Waals surface area contributed by atoms with E-state index >= 15 is 0 Å². The van der Waals surface area contributed by atoms with Crippen molar-refractivity contribution in [3.05, 3.63) is 92.5 Å². The van der Waals surface area contributed by atoms with Gasteiger partial charge in [0.25, 0.3) is 5.91 Å². The van der Waals surface area contributed by atoms with Crippen LogP contribution < -0.4 is 16.1 Å². The zero-order chi connectivity index (χ0) is 25.3. The number of fused-ring (bicyclic) bond motifs is 1. The number of halogens is 2. The van der Waals surface area contributed by atoms with Crippen LogP contribution in [0.3, 0.4) is 0 Å². The van der Waals surface area contributed by atoms with E-state index in [2.05, 4.69) is 32.0 Å². The molecule has 0 saturated heterocycles. The van der Waals surface area contributed by atoms with Crippen LogP contribution in [-0.2, 0) is 9.59 Å². The van der Waals surface area contributed by atoms with Crippen LogP contribution >= 0.6 is 27.5 Å². The normalized spacial score (nSPS) is 10.8. The molecule has 1 heterocycles. The Morgan fingerprint density at radius 3 is 2.37 bits per heavy atom. The third kappa shape index (κ3) is 5.23. The lowest BCUT2D eigenvalue weighted by Crippen LogP contribution is -2.36. The standard InChI is InChI=1S/C26H22BrClN4O3/c1-14-7-9-21(19(27)11-14)30-24(33)23-13-17-12-18(28)8-10-22(17)32(23)31-26(35)25(34)29-20-6-4-5-15(2)16(20)3/h4-13H,1-3H3,(H,29,34)(H,30,33)(H,31,35). The van der Waals surface area contributed by atoms with Gasteiger partial charge in [-0.3, -0.25) is 19.8 Å². The third-order valence-electron chi connectivity index (χ3n) is 5.64. The number of nitrogens with one attached hydrogen (secondary N) is 3. The van der Waals surface area contributed by atoms with Gasteiger partial charge in [-0.05, 0) is 95.9 Å². The van der Waals surface area contributed by atoms with E-state index in [1.54, 1.807) is 42.5 Å². The molecule has 0 spiro atoms. The molecule has 4 aromatic rings. The van der Waals surface area contributed by atoms with Gasteiger partial charge < -0.3 is 10.6 Å². The Balaban J connectivity index is 1.65. The molecule has 1 aromatic heterocycles. The molecule has 3 aromatic carbocycles. The second-order valence-electron chi connectivity index (χ2n) is 8.15. The molecule has 0 atom stereocenters. The fourth-order valence-electron chi connectivity index (χ4n) is 3.60.